The second-order valence-electron chi connectivity index (χ2n) is 5.15. The molecule has 1 atom stereocenters. The van der Waals surface area contributed by atoms with Crippen LogP contribution in [0.25, 0.3) is 0 Å². The maximum atomic E-state index is 10.2. The van der Waals surface area contributed by atoms with Gasteiger partial charge in [-0.2, -0.15) is 5.26 Å². The molecular formula is C16H20N2O2. The fourth-order valence-electron chi connectivity index (χ4n) is 2.31. The molecule has 0 saturated carbocycles. The molecule has 1 aliphatic heterocycles. The monoisotopic (exact) mass is 272 g/mol. The number of nitriles is 1. The predicted molar refractivity (Wildman–Crippen MR) is 77.1 cm³/mol. The molecule has 1 N–H and O–H groups in total. The van der Waals surface area contributed by atoms with Gasteiger partial charge in [0, 0.05) is 13.1 Å². The average Bonchev–Trinajstić information content (AvgIpc) is 2.48. The molecule has 20 heavy (non-hydrogen) atoms. The Balaban J connectivity index is 1.87. The standard InChI is InChI=1S/C16H20N2O2/c1-18(10-14-3-2-8-20-12-14)11-16(19)15-6-4-13(9-17)5-7-15/h3-7,16,19H,2,8,10-12H2,1H3. The number of likely N-dealkylation sites (N-methyl/N-ethyl adjacent to an activating group) is 1. The van der Waals surface area contributed by atoms with Gasteiger partial charge in [-0.05, 0) is 36.7 Å². The predicted octanol–water partition coefficient (Wildman–Crippen LogP) is 1.87. The largest absolute Gasteiger partial charge is 0.387 e. The van der Waals surface area contributed by atoms with Crippen LogP contribution in [0.3, 0.4) is 0 Å². The van der Waals surface area contributed by atoms with Crippen LogP contribution in [0.15, 0.2) is 35.9 Å². The molecule has 1 unspecified atom stereocenters. The highest BCUT2D eigenvalue weighted by atomic mass is 16.5. The summed E-state index contributed by atoms with van der Waals surface area (Å²) < 4.78 is 5.41. The Morgan fingerprint density at radius 3 is 2.75 bits per heavy atom. The molecule has 4 nitrogen and oxygen atoms in total. The topological polar surface area (TPSA) is 56.5 Å². The minimum absolute atomic E-state index is 0.544. The third-order valence-corrected chi connectivity index (χ3v) is 3.36. The Kier molecular flexibility index (Phi) is 5.31. The summed E-state index contributed by atoms with van der Waals surface area (Å²) in [5.74, 6) is 0. The lowest BCUT2D eigenvalue weighted by Gasteiger charge is -2.23. The molecule has 1 aromatic rings. The summed E-state index contributed by atoms with van der Waals surface area (Å²) in [6, 6.07) is 9.15. The summed E-state index contributed by atoms with van der Waals surface area (Å²) in [5, 5.41) is 19.0. The van der Waals surface area contributed by atoms with Gasteiger partial charge in [-0.1, -0.05) is 18.2 Å². The number of hydrogen-bond donors (Lipinski definition) is 1. The second-order valence-corrected chi connectivity index (χ2v) is 5.15. The van der Waals surface area contributed by atoms with Crippen LogP contribution in [0.5, 0.6) is 0 Å². The number of aliphatic hydroxyl groups excluding tert-OH is 1. The number of ether oxygens (including phenoxy) is 1. The number of hydrogen-bond acceptors (Lipinski definition) is 4. The first kappa shape index (κ1) is 14.7. The molecule has 0 aliphatic carbocycles. The summed E-state index contributed by atoms with van der Waals surface area (Å²) in [6.45, 7) is 2.87. The minimum atomic E-state index is -0.544. The lowest BCUT2D eigenvalue weighted by molar-refractivity contribution is 0.119. The van der Waals surface area contributed by atoms with E-state index in [0.717, 1.165) is 25.1 Å². The summed E-state index contributed by atoms with van der Waals surface area (Å²) in [5.41, 5.74) is 2.72. The van der Waals surface area contributed by atoms with Gasteiger partial charge >= 0.3 is 0 Å². The SMILES string of the molecule is CN(CC1=CCCOC1)CC(O)c1ccc(C#N)cc1. The van der Waals surface area contributed by atoms with E-state index in [1.54, 1.807) is 24.3 Å². The van der Waals surface area contributed by atoms with Gasteiger partial charge in [0.1, 0.15) is 0 Å². The van der Waals surface area contributed by atoms with Crippen molar-refractivity contribution in [2.24, 2.45) is 0 Å². The Morgan fingerprint density at radius 1 is 1.40 bits per heavy atom. The van der Waals surface area contributed by atoms with E-state index < -0.39 is 6.10 Å². The molecule has 0 spiro atoms. The van der Waals surface area contributed by atoms with E-state index in [-0.39, 0.29) is 0 Å². The zero-order valence-corrected chi connectivity index (χ0v) is 11.7. The van der Waals surface area contributed by atoms with Gasteiger partial charge in [-0.25, -0.2) is 0 Å². The fourth-order valence-corrected chi connectivity index (χ4v) is 2.31. The summed E-state index contributed by atoms with van der Waals surface area (Å²) in [7, 11) is 1.99. The van der Waals surface area contributed by atoms with Crippen molar-refractivity contribution < 1.29 is 9.84 Å². The number of rotatable bonds is 5. The first-order chi connectivity index (χ1) is 9.69. The first-order valence-corrected chi connectivity index (χ1v) is 6.81. The van der Waals surface area contributed by atoms with Crippen LogP contribution in [0.2, 0.25) is 0 Å². The van der Waals surface area contributed by atoms with Gasteiger partial charge in [-0.15, -0.1) is 0 Å². The van der Waals surface area contributed by atoms with E-state index in [4.69, 9.17) is 10.00 Å². The molecule has 0 bridgehead atoms. The van der Waals surface area contributed by atoms with E-state index in [2.05, 4.69) is 17.0 Å². The smallest absolute Gasteiger partial charge is 0.0991 e. The molecular weight excluding hydrogens is 252 g/mol. The van der Waals surface area contributed by atoms with E-state index in [0.29, 0.717) is 18.7 Å². The van der Waals surface area contributed by atoms with Gasteiger partial charge in [0.25, 0.3) is 0 Å². The Morgan fingerprint density at radius 2 is 2.15 bits per heavy atom. The molecule has 0 fully saturated rings. The van der Waals surface area contributed by atoms with E-state index in [9.17, 15) is 5.11 Å². The minimum Gasteiger partial charge on any atom is -0.387 e. The van der Waals surface area contributed by atoms with Crippen LogP contribution < -0.4 is 0 Å². The molecule has 4 heteroatoms. The maximum Gasteiger partial charge on any atom is 0.0991 e. The Bertz CT molecular complexity index is 502. The number of aliphatic hydroxyl groups is 1. The average molecular weight is 272 g/mol. The van der Waals surface area contributed by atoms with Crippen molar-refractivity contribution in [2.45, 2.75) is 12.5 Å². The molecule has 1 aliphatic rings. The number of nitrogens with zero attached hydrogens (tertiary/aromatic N) is 2. The van der Waals surface area contributed by atoms with Crippen LogP contribution >= 0.6 is 0 Å². The fraction of sp³-hybridized carbons (Fsp3) is 0.438. The van der Waals surface area contributed by atoms with Gasteiger partial charge in [0.2, 0.25) is 0 Å². The number of benzene rings is 1. The van der Waals surface area contributed by atoms with Crippen LogP contribution in [-0.2, 0) is 4.74 Å². The van der Waals surface area contributed by atoms with Gasteiger partial charge in [0.15, 0.2) is 0 Å². The molecule has 2 rings (SSSR count). The van der Waals surface area contributed by atoms with E-state index in [1.807, 2.05) is 7.05 Å². The Labute approximate surface area is 119 Å². The first-order valence-electron chi connectivity index (χ1n) is 6.81. The molecule has 0 aromatic heterocycles. The van der Waals surface area contributed by atoms with Crippen molar-refractivity contribution in [2.75, 3.05) is 33.4 Å². The Hall–Kier alpha value is -1.67. The van der Waals surface area contributed by atoms with Crippen LogP contribution in [0.1, 0.15) is 23.7 Å². The van der Waals surface area contributed by atoms with Crippen molar-refractivity contribution >= 4 is 0 Å². The highest BCUT2D eigenvalue weighted by molar-refractivity contribution is 5.32. The molecule has 106 valence electrons. The zero-order chi connectivity index (χ0) is 14.4. The molecule has 1 aromatic carbocycles. The second kappa shape index (κ2) is 7.20. The van der Waals surface area contributed by atoms with Crippen molar-refractivity contribution in [3.63, 3.8) is 0 Å². The molecule has 1 heterocycles. The molecule has 0 amide bonds. The lowest BCUT2D eigenvalue weighted by atomic mass is 10.1. The summed E-state index contributed by atoms with van der Waals surface area (Å²) >= 11 is 0. The summed E-state index contributed by atoms with van der Waals surface area (Å²) in [4.78, 5) is 2.09. The van der Waals surface area contributed by atoms with Crippen molar-refractivity contribution in [1.82, 2.24) is 4.90 Å². The van der Waals surface area contributed by atoms with Crippen molar-refractivity contribution in [3.8, 4) is 6.07 Å². The maximum absolute atomic E-state index is 10.2. The van der Waals surface area contributed by atoms with Gasteiger partial charge in [-0.3, -0.25) is 4.90 Å². The molecule has 0 saturated heterocycles. The van der Waals surface area contributed by atoms with E-state index in [1.165, 1.54) is 5.57 Å². The van der Waals surface area contributed by atoms with Crippen molar-refractivity contribution in [1.29, 1.82) is 5.26 Å². The van der Waals surface area contributed by atoms with Crippen LogP contribution in [-0.4, -0.2) is 43.4 Å². The summed E-state index contributed by atoms with van der Waals surface area (Å²) in [6.07, 6.45) is 2.65. The van der Waals surface area contributed by atoms with Crippen molar-refractivity contribution in [3.05, 3.63) is 47.0 Å². The van der Waals surface area contributed by atoms with E-state index >= 15 is 0 Å². The van der Waals surface area contributed by atoms with Crippen LogP contribution in [0.4, 0.5) is 0 Å². The highest BCUT2D eigenvalue weighted by Crippen LogP contribution is 2.16. The molecule has 0 radical (unpaired) electrons. The van der Waals surface area contributed by atoms with Gasteiger partial charge in [0.05, 0.1) is 31.0 Å². The zero-order valence-electron chi connectivity index (χ0n) is 11.7. The highest BCUT2D eigenvalue weighted by Gasteiger charge is 2.13. The quantitative estimate of drug-likeness (QED) is 0.831. The lowest BCUT2D eigenvalue weighted by Crippen LogP contribution is -2.28. The third-order valence-electron chi connectivity index (χ3n) is 3.36. The van der Waals surface area contributed by atoms with Crippen LogP contribution in [0, 0.1) is 11.3 Å². The third kappa shape index (κ3) is 4.17. The van der Waals surface area contributed by atoms with Gasteiger partial charge < -0.3 is 9.84 Å². The normalized spacial score (nSPS) is 16.6.